The molecule has 0 spiro atoms. The predicted octanol–water partition coefficient (Wildman–Crippen LogP) is 3.06. The first-order chi connectivity index (χ1) is 5.11. The van der Waals surface area contributed by atoms with Crippen LogP contribution in [0.5, 0.6) is 0 Å². The van der Waals surface area contributed by atoms with Crippen molar-refractivity contribution in [3.05, 3.63) is 11.5 Å². The van der Waals surface area contributed by atoms with Gasteiger partial charge in [0.05, 0.1) is 0 Å². The minimum Gasteiger partial charge on any atom is -0.493 e. The average Bonchev–Trinajstić information content (AvgIpc) is 2.02. The Balaban J connectivity index is 4.37. The maximum atomic E-state index is 9.31. The fraction of sp³-hybridized carbons (Fsp3) is 0.667. The van der Waals surface area contributed by atoms with Gasteiger partial charge in [-0.15, -0.1) is 0 Å². The van der Waals surface area contributed by atoms with Gasteiger partial charge in [-0.2, -0.15) is 0 Å². The number of hydrogen-bond donors (Lipinski definition) is 1. The first-order valence-electron chi connectivity index (χ1n) is 4.04. The van der Waals surface area contributed by atoms with Crippen molar-refractivity contribution in [3.8, 4) is 0 Å². The molecule has 2 nitrogen and oxygen atoms in total. The molecule has 64 valence electrons. The molecule has 0 atom stereocenters. The highest BCUT2D eigenvalue weighted by atomic mass is 16.3. The third-order valence-electron chi connectivity index (χ3n) is 1.72. The summed E-state index contributed by atoms with van der Waals surface area (Å²) in [6, 6.07) is 0. The van der Waals surface area contributed by atoms with E-state index in [9.17, 15) is 5.11 Å². The van der Waals surface area contributed by atoms with E-state index in [-0.39, 0.29) is 5.88 Å². The zero-order valence-electron chi connectivity index (χ0n) is 7.81. The summed E-state index contributed by atoms with van der Waals surface area (Å²) in [6.45, 7) is 7.83. The minimum absolute atomic E-state index is 0.187. The zero-order valence-corrected chi connectivity index (χ0v) is 7.81. The largest absolute Gasteiger partial charge is 0.493 e. The lowest BCUT2D eigenvalue weighted by atomic mass is 10.2. The van der Waals surface area contributed by atoms with Crippen LogP contribution in [0.2, 0.25) is 0 Å². The molecule has 0 aromatic rings. The van der Waals surface area contributed by atoms with E-state index in [1.807, 2.05) is 27.7 Å². The van der Waals surface area contributed by atoms with Gasteiger partial charge in [0.2, 0.25) is 5.88 Å². The highest BCUT2D eigenvalue weighted by Crippen LogP contribution is 2.06. The summed E-state index contributed by atoms with van der Waals surface area (Å²) in [7, 11) is 0. The van der Waals surface area contributed by atoms with Crippen molar-refractivity contribution in [2.75, 3.05) is 0 Å². The first kappa shape index (κ1) is 10.2. The monoisotopic (exact) mass is 155 g/mol. The molecule has 0 aromatic carbocycles. The zero-order chi connectivity index (χ0) is 8.85. The molecule has 0 aliphatic heterocycles. The normalized spacial score (nSPS) is 14.7. The molecular weight excluding hydrogens is 138 g/mol. The van der Waals surface area contributed by atoms with Crippen molar-refractivity contribution in [3.63, 3.8) is 0 Å². The van der Waals surface area contributed by atoms with Crippen LogP contribution in [0.25, 0.3) is 0 Å². The molecule has 0 radical (unpaired) electrons. The number of aliphatic hydroxyl groups is 1. The molecule has 0 rings (SSSR count). The lowest BCUT2D eigenvalue weighted by Gasteiger charge is -1.99. The summed E-state index contributed by atoms with van der Waals surface area (Å²) >= 11 is 0. The van der Waals surface area contributed by atoms with Crippen molar-refractivity contribution < 1.29 is 5.11 Å². The van der Waals surface area contributed by atoms with E-state index in [1.54, 1.807) is 0 Å². The summed E-state index contributed by atoms with van der Waals surface area (Å²) in [4.78, 5) is 4.02. The quantitative estimate of drug-likeness (QED) is 0.493. The van der Waals surface area contributed by atoms with Crippen LogP contribution in [0.3, 0.4) is 0 Å². The van der Waals surface area contributed by atoms with Crippen LogP contribution in [0, 0.1) is 0 Å². The summed E-state index contributed by atoms with van der Waals surface area (Å²) < 4.78 is 0. The SMILES string of the molecule is CC/C(C)=N\C(O)=C(\C)CC. The predicted molar refractivity (Wildman–Crippen MR) is 49.0 cm³/mol. The molecule has 11 heavy (non-hydrogen) atoms. The second-order valence-corrected chi connectivity index (χ2v) is 2.66. The molecule has 2 heteroatoms. The van der Waals surface area contributed by atoms with Crippen molar-refractivity contribution in [1.29, 1.82) is 0 Å². The van der Waals surface area contributed by atoms with Crippen LogP contribution in [-0.2, 0) is 0 Å². The Morgan fingerprint density at radius 2 is 1.73 bits per heavy atom. The van der Waals surface area contributed by atoms with Crippen LogP contribution in [0.15, 0.2) is 16.4 Å². The molecule has 0 aliphatic rings. The summed E-state index contributed by atoms with van der Waals surface area (Å²) in [5.74, 6) is 0.187. The van der Waals surface area contributed by atoms with E-state index in [0.717, 1.165) is 24.1 Å². The number of hydrogen-bond acceptors (Lipinski definition) is 2. The van der Waals surface area contributed by atoms with Crippen molar-refractivity contribution in [1.82, 2.24) is 0 Å². The lowest BCUT2D eigenvalue weighted by molar-refractivity contribution is 0.397. The van der Waals surface area contributed by atoms with Gasteiger partial charge in [-0.3, -0.25) is 0 Å². The second-order valence-electron chi connectivity index (χ2n) is 2.66. The molecule has 0 aliphatic carbocycles. The molecule has 0 fully saturated rings. The topological polar surface area (TPSA) is 32.6 Å². The van der Waals surface area contributed by atoms with Gasteiger partial charge in [-0.05, 0) is 32.3 Å². The van der Waals surface area contributed by atoms with E-state index in [2.05, 4.69) is 4.99 Å². The van der Waals surface area contributed by atoms with E-state index < -0.39 is 0 Å². The molecule has 0 aromatic heterocycles. The van der Waals surface area contributed by atoms with E-state index in [0.29, 0.717) is 0 Å². The molecule has 1 N–H and O–H groups in total. The van der Waals surface area contributed by atoms with Gasteiger partial charge in [-0.1, -0.05) is 13.8 Å². The van der Waals surface area contributed by atoms with Crippen LogP contribution < -0.4 is 0 Å². The molecular formula is C9H17NO. The maximum Gasteiger partial charge on any atom is 0.209 e. The average molecular weight is 155 g/mol. The third kappa shape index (κ3) is 3.81. The van der Waals surface area contributed by atoms with Crippen molar-refractivity contribution >= 4 is 5.71 Å². The van der Waals surface area contributed by atoms with Gasteiger partial charge in [-0.25, -0.2) is 4.99 Å². The maximum absolute atomic E-state index is 9.31. The Morgan fingerprint density at radius 3 is 2.09 bits per heavy atom. The summed E-state index contributed by atoms with van der Waals surface area (Å²) in [5.41, 5.74) is 1.91. The van der Waals surface area contributed by atoms with Gasteiger partial charge < -0.3 is 5.11 Å². The number of aliphatic hydroxyl groups excluding tert-OH is 1. The van der Waals surface area contributed by atoms with Gasteiger partial charge in [0.1, 0.15) is 0 Å². The molecule has 0 heterocycles. The number of aliphatic imine (C=N–C) groups is 1. The number of nitrogens with zero attached hydrogens (tertiary/aromatic N) is 1. The Labute approximate surface area is 68.7 Å². The van der Waals surface area contributed by atoms with Crippen molar-refractivity contribution in [2.24, 2.45) is 4.99 Å². The highest BCUT2D eigenvalue weighted by Gasteiger charge is 1.95. The van der Waals surface area contributed by atoms with Gasteiger partial charge >= 0.3 is 0 Å². The fourth-order valence-electron chi connectivity index (χ4n) is 0.513. The Kier molecular flexibility index (Phi) is 4.59. The van der Waals surface area contributed by atoms with E-state index in [4.69, 9.17) is 0 Å². The number of allylic oxidation sites excluding steroid dienone is 1. The van der Waals surface area contributed by atoms with Crippen molar-refractivity contribution in [2.45, 2.75) is 40.5 Å². The fourth-order valence-corrected chi connectivity index (χ4v) is 0.513. The minimum atomic E-state index is 0.187. The molecule has 0 saturated heterocycles. The standard InChI is InChI=1S/C9H17NO/c1-5-7(3)9(11)10-8(4)6-2/h11H,5-6H2,1-4H3/b9-7+,10-8-. The molecule has 0 unspecified atom stereocenters. The van der Waals surface area contributed by atoms with Gasteiger partial charge in [0.25, 0.3) is 0 Å². The van der Waals surface area contributed by atoms with E-state index in [1.165, 1.54) is 0 Å². The number of rotatable bonds is 3. The summed E-state index contributed by atoms with van der Waals surface area (Å²) in [5, 5.41) is 9.31. The van der Waals surface area contributed by atoms with Crippen LogP contribution in [0.4, 0.5) is 0 Å². The Hall–Kier alpha value is -0.790. The van der Waals surface area contributed by atoms with Gasteiger partial charge in [0.15, 0.2) is 0 Å². The Bertz CT molecular complexity index is 180. The highest BCUT2D eigenvalue weighted by molar-refractivity contribution is 5.82. The second kappa shape index (κ2) is 4.94. The molecule has 0 saturated carbocycles. The molecule has 0 amide bonds. The first-order valence-corrected chi connectivity index (χ1v) is 4.04. The van der Waals surface area contributed by atoms with Crippen LogP contribution in [-0.4, -0.2) is 10.8 Å². The Morgan fingerprint density at radius 1 is 1.18 bits per heavy atom. The third-order valence-corrected chi connectivity index (χ3v) is 1.72. The van der Waals surface area contributed by atoms with Gasteiger partial charge in [0, 0.05) is 5.71 Å². The smallest absolute Gasteiger partial charge is 0.209 e. The van der Waals surface area contributed by atoms with Crippen LogP contribution in [0.1, 0.15) is 40.5 Å². The van der Waals surface area contributed by atoms with E-state index >= 15 is 0 Å². The molecule has 0 bridgehead atoms. The van der Waals surface area contributed by atoms with Crippen LogP contribution >= 0.6 is 0 Å². The lowest BCUT2D eigenvalue weighted by Crippen LogP contribution is -1.91. The summed E-state index contributed by atoms with van der Waals surface area (Å²) in [6.07, 6.45) is 1.74.